The van der Waals surface area contributed by atoms with Crippen LogP contribution in [0.25, 0.3) is 0 Å². The van der Waals surface area contributed by atoms with Crippen molar-refractivity contribution in [3.05, 3.63) is 22.7 Å². The molecule has 2 heterocycles. The van der Waals surface area contributed by atoms with Crippen LogP contribution in [0.4, 0.5) is 4.79 Å². The largest absolute Gasteiger partial charge is 0.486 e. The van der Waals surface area contributed by atoms with E-state index in [9.17, 15) is 14.7 Å². The van der Waals surface area contributed by atoms with Gasteiger partial charge in [0.2, 0.25) is 0 Å². The molecule has 0 radical (unpaired) electrons. The molecule has 1 saturated carbocycles. The van der Waals surface area contributed by atoms with Gasteiger partial charge in [0.25, 0.3) is 0 Å². The predicted molar refractivity (Wildman–Crippen MR) is 98.5 cm³/mol. The van der Waals surface area contributed by atoms with Crippen molar-refractivity contribution >= 4 is 23.6 Å². The van der Waals surface area contributed by atoms with Crippen LogP contribution >= 0.6 is 11.6 Å². The van der Waals surface area contributed by atoms with Gasteiger partial charge in [-0.05, 0) is 42.9 Å². The van der Waals surface area contributed by atoms with Crippen LogP contribution in [0, 0.1) is 11.3 Å². The summed E-state index contributed by atoms with van der Waals surface area (Å²) >= 11 is 6.24. The molecule has 146 valence electrons. The maximum absolute atomic E-state index is 12.5. The Morgan fingerprint density at radius 2 is 2.15 bits per heavy atom. The number of carboxylic acid groups (broad SMARTS) is 1. The van der Waals surface area contributed by atoms with Gasteiger partial charge >= 0.3 is 12.0 Å². The van der Waals surface area contributed by atoms with E-state index in [0.29, 0.717) is 62.2 Å². The SMILES string of the molecule is O=C(NCCc1cc(Cl)c2c(c1)OCCO2)N1C[C@@H]2CCC[C@@]2(C(=O)O)C1. The van der Waals surface area contributed by atoms with Crippen LogP contribution in [0.1, 0.15) is 24.8 Å². The van der Waals surface area contributed by atoms with Crippen molar-refractivity contribution < 1.29 is 24.2 Å². The number of carbonyl (C=O) groups is 2. The van der Waals surface area contributed by atoms with Crippen molar-refractivity contribution in [1.29, 1.82) is 0 Å². The molecule has 2 atom stereocenters. The summed E-state index contributed by atoms with van der Waals surface area (Å²) in [5.41, 5.74) is 0.200. The van der Waals surface area contributed by atoms with Crippen molar-refractivity contribution in [2.45, 2.75) is 25.7 Å². The van der Waals surface area contributed by atoms with Crippen LogP contribution < -0.4 is 14.8 Å². The van der Waals surface area contributed by atoms with Crippen LogP contribution in [-0.2, 0) is 11.2 Å². The molecule has 2 aliphatic heterocycles. The van der Waals surface area contributed by atoms with E-state index in [2.05, 4.69) is 5.32 Å². The van der Waals surface area contributed by atoms with Crippen molar-refractivity contribution in [2.24, 2.45) is 11.3 Å². The molecule has 1 aromatic rings. The number of fused-ring (bicyclic) bond motifs is 2. The number of aliphatic carboxylic acids is 1. The highest BCUT2D eigenvalue weighted by atomic mass is 35.5. The van der Waals surface area contributed by atoms with Gasteiger partial charge in [0.15, 0.2) is 11.5 Å². The summed E-state index contributed by atoms with van der Waals surface area (Å²) in [6, 6.07) is 3.50. The zero-order valence-corrected chi connectivity index (χ0v) is 15.8. The lowest BCUT2D eigenvalue weighted by Gasteiger charge is -2.23. The number of amides is 2. The number of carbonyl (C=O) groups excluding carboxylic acids is 1. The summed E-state index contributed by atoms with van der Waals surface area (Å²) in [5.74, 6) is 0.493. The fourth-order valence-corrected chi connectivity index (χ4v) is 4.82. The van der Waals surface area contributed by atoms with Crippen molar-refractivity contribution in [2.75, 3.05) is 32.8 Å². The molecule has 1 saturated heterocycles. The second kappa shape index (κ2) is 7.11. The number of carboxylic acids is 1. The topological polar surface area (TPSA) is 88.1 Å². The zero-order chi connectivity index (χ0) is 19.0. The summed E-state index contributed by atoms with van der Waals surface area (Å²) in [6.45, 7) is 2.24. The number of hydrogen-bond acceptors (Lipinski definition) is 4. The number of nitrogens with one attached hydrogen (secondary N) is 1. The van der Waals surface area contributed by atoms with E-state index in [-0.39, 0.29) is 11.9 Å². The second-order valence-electron chi connectivity index (χ2n) is 7.51. The standard InChI is InChI=1S/C19H23ClN2O5/c20-14-8-12(9-15-16(14)27-7-6-26-15)3-5-21-18(25)22-10-13-2-1-4-19(13,11-22)17(23)24/h8-9,13H,1-7,10-11H2,(H,21,25)(H,23,24)/t13-,19+/m0/s1. The molecule has 0 bridgehead atoms. The monoisotopic (exact) mass is 394 g/mol. The molecule has 1 aliphatic carbocycles. The van der Waals surface area contributed by atoms with Crippen molar-refractivity contribution in [3.63, 3.8) is 0 Å². The maximum Gasteiger partial charge on any atom is 0.317 e. The minimum atomic E-state index is -0.772. The highest BCUT2D eigenvalue weighted by Gasteiger charge is 2.55. The average molecular weight is 395 g/mol. The average Bonchev–Trinajstić information content (AvgIpc) is 3.20. The van der Waals surface area contributed by atoms with Gasteiger partial charge in [0, 0.05) is 19.6 Å². The van der Waals surface area contributed by atoms with Crippen molar-refractivity contribution in [1.82, 2.24) is 10.2 Å². The maximum atomic E-state index is 12.5. The van der Waals surface area contributed by atoms with Crippen LogP contribution in [0.5, 0.6) is 11.5 Å². The molecular weight excluding hydrogens is 372 g/mol. The Bertz CT molecular complexity index is 771. The second-order valence-corrected chi connectivity index (χ2v) is 7.92. The number of likely N-dealkylation sites (tertiary alicyclic amines) is 1. The summed E-state index contributed by atoms with van der Waals surface area (Å²) in [4.78, 5) is 25.9. The Kier molecular flexibility index (Phi) is 4.80. The normalized spacial score (nSPS) is 26.0. The fourth-order valence-electron chi connectivity index (χ4n) is 4.53. The van der Waals surface area contributed by atoms with Crippen LogP contribution in [0.2, 0.25) is 5.02 Å². The van der Waals surface area contributed by atoms with E-state index >= 15 is 0 Å². The third-order valence-corrected chi connectivity index (χ3v) is 6.21. The molecule has 0 spiro atoms. The van der Waals surface area contributed by atoms with E-state index in [1.165, 1.54) is 0 Å². The van der Waals surface area contributed by atoms with E-state index in [1.807, 2.05) is 12.1 Å². The third kappa shape index (κ3) is 3.29. The van der Waals surface area contributed by atoms with Gasteiger partial charge in [-0.25, -0.2) is 4.79 Å². The van der Waals surface area contributed by atoms with Gasteiger partial charge in [-0.15, -0.1) is 0 Å². The molecule has 1 aromatic carbocycles. The molecule has 4 rings (SSSR count). The molecule has 0 aromatic heterocycles. The molecule has 2 amide bonds. The minimum Gasteiger partial charge on any atom is -0.486 e. The molecule has 2 N–H and O–H groups in total. The lowest BCUT2D eigenvalue weighted by Crippen LogP contribution is -2.42. The van der Waals surface area contributed by atoms with Crippen LogP contribution in [0.15, 0.2) is 12.1 Å². The Labute approximate surface area is 162 Å². The van der Waals surface area contributed by atoms with E-state index < -0.39 is 11.4 Å². The predicted octanol–water partition coefficient (Wildman–Crippen LogP) is 2.55. The first-order chi connectivity index (χ1) is 13.0. The number of ether oxygens (including phenoxy) is 2. The molecule has 7 nitrogen and oxygen atoms in total. The van der Waals surface area contributed by atoms with E-state index in [1.54, 1.807) is 4.90 Å². The Hall–Kier alpha value is -2.15. The van der Waals surface area contributed by atoms with Gasteiger partial charge < -0.3 is 24.8 Å². The van der Waals surface area contributed by atoms with Gasteiger partial charge in [-0.3, -0.25) is 4.79 Å². The van der Waals surface area contributed by atoms with Gasteiger partial charge in [0.05, 0.1) is 10.4 Å². The first kappa shape index (κ1) is 18.2. The summed E-state index contributed by atoms with van der Waals surface area (Å²) in [6.07, 6.45) is 3.07. The Morgan fingerprint density at radius 3 is 2.93 bits per heavy atom. The van der Waals surface area contributed by atoms with Crippen LogP contribution in [-0.4, -0.2) is 54.9 Å². The smallest absolute Gasteiger partial charge is 0.317 e. The molecule has 8 heteroatoms. The summed E-state index contributed by atoms with van der Waals surface area (Å²) in [5, 5.41) is 13.0. The summed E-state index contributed by atoms with van der Waals surface area (Å²) in [7, 11) is 0. The molecule has 3 aliphatic rings. The highest BCUT2D eigenvalue weighted by Crippen LogP contribution is 2.48. The molecule has 0 unspecified atom stereocenters. The first-order valence-electron chi connectivity index (χ1n) is 9.34. The number of urea groups is 1. The highest BCUT2D eigenvalue weighted by molar-refractivity contribution is 6.32. The minimum absolute atomic E-state index is 0.0670. The van der Waals surface area contributed by atoms with Gasteiger partial charge in [-0.1, -0.05) is 18.0 Å². The van der Waals surface area contributed by atoms with Crippen molar-refractivity contribution in [3.8, 4) is 11.5 Å². The lowest BCUT2D eigenvalue weighted by molar-refractivity contribution is -0.149. The zero-order valence-electron chi connectivity index (χ0n) is 15.0. The molecule has 2 fully saturated rings. The number of hydrogen-bond donors (Lipinski definition) is 2. The summed E-state index contributed by atoms with van der Waals surface area (Å²) < 4.78 is 11.1. The van der Waals surface area contributed by atoms with Gasteiger partial charge in [0.1, 0.15) is 13.2 Å². The van der Waals surface area contributed by atoms with E-state index in [4.69, 9.17) is 21.1 Å². The Balaban J connectivity index is 1.33. The first-order valence-corrected chi connectivity index (χ1v) is 9.71. The quantitative estimate of drug-likeness (QED) is 0.819. The van der Waals surface area contributed by atoms with Gasteiger partial charge in [-0.2, -0.15) is 0 Å². The molecule has 27 heavy (non-hydrogen) atoms. The van der Waals surface area contributed by atoms with Crippen LogP contribution in [0.3, 0.4) is 0 Å². The number of nitrogens with zero attached hydrogens (tertiary/aromatic N) is 1. The number of rotatable bonds is 4. The Morgan fingerprint density at radius 1 is 1.33 bits per heavy atom. The third-order valence-electron chi connectivity index (χ3n) is 5.93. The number of benzene rings is 1. The number of halogens is 1. The molecular formula is C19H23ClN2O5. The van der Waals surface area contributed by atoms with E-state index in [0.717, 1.165) is 18.4 Å². The fraction of sp³-hybridized carbons (Fsp3) is 0.579. The lowest BCUT2D eigenvalue weighted by atomic mass is 9.81.